The second kappa shape index (κ2) is 10.6. The minimum Gasteiger partial charge on any atom is -0.459 e. The molecule has 0 saturated heterocycles. The van der Waals surface area contributed by atoms with E-state index in [0.29, 0.717) is 10.8 Å². The molecule has 0 unspecified atom stereocenters. The first-order valence-corrected chi connectivity index (χ1v) is 11.6. The van der Waals surface area contributed by atoms with Crippen molar-refractivity contribution in [1.82, 2.24) is 10.1 Å². The van der Waals surface area contributed by atoms with E-state index in [-0.39, 0.29) is 27.9 Å². The number of aryl methyl sites for hydroxylation is 1. The molecule has 0 atom stereocenters. The summed E-state index contributed by atoms with van der Waals surface area (Å²) < 4.78 is 32.5. The van der Waals surface area contributed by atoms with Crippen LogP contribution in [0.15, 0.2) is 69.0 Å². The Balaban J connectivity index is 1.50. The minimum atomic E-state index is -3.70. The number of carbonyl (C=O) groups excluding carboxylic acids is 2. The molecule has 0 aliphatic rings. The number of benzene rings is 2. The topological polar surface area (TPSA) is 130 Å². The fourth-order valence-corrected chi connectivity index (χ4v) is 3.78. The third-order valence-corrected chi connectivity index (χ3v) is 6.35. The van der Waals surface area contributed by atoms with Crippen LogP contribution in [0.3, 0.4) is 0 Å². The highest BCUT2D eigenvalue weighted by Gasteiger charge is 2.15. The van der Waals surface area contributed by atoms with Crippen LogP contribution in [-0.2, 0) is 26.2 Å². The van der Waals surface area contributed by atoms with Crippen molar-refractivity contribution in [1.29, 1.82) is 0 Å². The van der Waals surface area contributed by atoms with Gasteiger partial charge in [-0.2, -0.15) is 5.10 Å². The van der Waals surface area contributed by atoms with Crippen molar-refractivity contribution in [3.8, 4) is 0 Å². The molecule has 1 heterocycles. The molecule has 3 N–H and O–H groups in total. The van der Waals surface area contributed by atoms with Crippen molar-refractivity contribution in [2.75, 3.05) is 5.32 Å². The molecule has 0 spiro atoms. The van der Waals surface area contributed by atoms with Gasteiger partial charge in [-0.05, 0) is 49.4 Å². The molecule has 3 rings (SSSR count). The number of nitrogens with one attached hydrogen (secondary N) is 3. The molecule has 12 heteroatoms. The number of nitrogens with zero attached hydrogens (tertiary/aromatic N) is 1. The molecule has 9 nitrogen and oxygen atoms in total. The summed E-state index contributed by atoms with van der Waals surface area (Å²) >= 11 is 11.7. The molecule has 3 aromatic rings. The first-order chi connectivity index (χ1) is 15.6. The number of hydrazone groups is 1. The van der Waals surface area contributed by atoms with Gasteiger partial charge >= 0.3 is 11.8 Å². The first-order valence-electron chi connectivity index (χ1n) is 9.38. The standard InChI is InChI=1S/C21H18Cl2N4O5S/c1-13-2-7-17(8-3-13)33(30,31)25-12-16-6-5-15(32-16)11-24-27-21(29)20(28)26-14-4-9-18(22)19(23)10-14/h2-11,25H,12H2,1H3,(H,26,28)(H,27,29)/b24-11+. The van der Waals surface area contributed by atoms with Gasteiger partial charge in [0.05, 0.1) is 27.7 Å². The number of halogens is 2. The highest BCUT2D eigenvalue weighted by molar-refractivity contribution is 7.89. The van der Waals surface area contributed by atoms with Crippen molar-refractivity contribution in [2.45, 2.75) is 18.4 Å². The molecule has 0 bridgehead atoms. The second-order valence-electron chi connectivity index (χ2n) is 6.72. The number of anilines is 1. The summed E-state index contributed by atoms with van der Waals surface area (Å²) in [6, 6.07) is 13.9. The summed E-state index contributed by atoms with van der Waals surface area (Å²) in [6.45, 7) is 1.78. The van der Waals surface area contributed by atoms with Crippen molar-refractivity contribution in [3.63, 3.8) is 0 Å². The molecule has 0 saturated carbocycles. The Morgan fingerprint density at radius 1 is 1.00 bits per heavy atom. The van der Waals surface area contributed by atoms with Crippen LogP contribution in [0.4, 0.5) is 5.69 Å². The number of furan rings is 1. The van der Waals surface area contributed by atoms with Gasteiger partial charge in [-0.25, -0.2) is 18.6 Å². The lowest BCUT2D eigenvalue weighted by molar-refractivity contribution is -0.136. The minimum absolute atomic E-state index is 0.0809. The van der Waals surface area contributed by atoms with E-state index in [1.54, 1.807) is 18.2 Å². The fraction of sp³-hybridized carbons (Fsp3) is 0.0952. The van der Waals surface area contributed by atoms with Gasteiger partial charge in [0.15, 0.2) is 0 Å². The van der Waals surface area contributed by atoms with Gasteiger partial charge in [-0.1, -0.05) is 40.9 Å². The van der Waals surface area contributed by atoms with Gasteiger partial charge in [-0.3, -0.25) is 9.59 Å². The molecule has 33 heavy (non-hydrogen) atoms. The monoisotopic (exact) mass is 508 g/mol. The Bertz CT molecular complexity index is 1300. The Kier molecular flexibility index (Phi) is 7.88. The quantitative estimate of drug-likeness (QED) is 0.255. The predicted octanol–water partition coefficient (Wildman–Crippen LogP) is 3.46. The van der Waals surface area contributed by atoms with Crippen LogP contribution in [0.5, 0.6) is 0 Å². The number of rotatable bonds is 7. The maximum absolute atomic E-state index is 12.3. The van der Waals surface area contributed by atoms with Crippen LogP contribution >= 0.6 is 23.2 Å². The van der Waals surface area contributed by atoms with Gasteiger partial charge < -0.3 is 9.73 Å². The van der Waals surface area contributed by atoms with Crippen molar-refractivity contribution < 1.29 is 22.4 Å². The molecule has 2 amide bonds. The van der Waals surface area contributed by atoms with Crippen LogP contribution in [0, 0.1) is 6.92 Å². The van der Waals surface area contributed by atoms with Crippen LogP contribution in [0.25, 0.3) is 0 Å². The zero-order valence-corrected chi connectivity index (χ0v) is 19.5. The van der Waals surface area contributed by atoms with E-state index in [1.165, 1.54) is 42.6 Å². The summed E-state index contributed by atoms with van der Waals surface area (Å²) in [4.78, 5) is 23.9. The Morgan fingerprint density at radius 2 is 1.73 bits per heavy atom. The number of amides is 2. The molecule has 0 fully saturated rings. The van der Waals surface area contributed by atoms with Gasteiger partial charge in [0.25, 0.3) is 0 Å². The lowest BCUT2D eigenvalue weighted by Crippen LogP contribution is -2.32. The van der Waals surface area contributed by atoms with E-state index in [9.17, 15) is 18.0 Å². The van der Waals surface area contributed by atoms with Crippen LogP contribution in [0.1, 0.15) is 17.1 Å². The smallest absolute Gasteiger partial charge is 0.329 e. The van der Waals surface area contributed by atoms with E-state index in [2.05, 4.69) is 20.6 Å². The maximum Gasteiger partial charge on any atom is 0.329 e. The molecule has 172 valence electrons. The number of sulfonamides is 1. The third-order valence-electron chi connectivity index (χ3n) is 4.19. The van der Waals surface area contributed by atoms with Crippen LogP contribution in [0.2, 0.25) is 10.0 Å². The predicted molar refractivity (Wildman–Crippen MR) is 125 cm³/mol. The Labute approximate surface area is 199 Å². The summed E-state index contributed by atoms with van der Waals surface area (Å²) in [5, 5.41) is 6.54. The SMILES string of the molecule is Cc1ccc(S(=O)(=O)NCc2ccc(/C=N/NC(=O)C(=O)Nc3ccc(Cl)c(Cl)c3)o2)cc1. The van der Waals surface area contributed by atoms with E-state index in [4.69, 9.17) is 27.6 Å². The highest BCUT2D eigenvalue weighted by atomic mass is 35.5. The molecule has 2 aromatic carbocycles. The molecule has 0 radical (unpaired) electrons. The van der Waals surface area contributed by atoms with Gasteiger partial charge in [0.1, 0.15) is 11.5 Å². The van der Waals surface area contributed by atoms with Crippen molar-refractivity contribution >= 4 is 56.9 Å². The molecule has 1 aromatic heterocycles. The van der Waals surface area contributed by atoms with Gasteiger partial charge in [-0.15, -0.1) is 0 Å². The van der Waals surface area contributed by atoms with E-state index in [1.807, 2.05) is 6.92 Å². The Hall–Kier alpha value is -3.18. The van der Waals surface area contributed by atoms with Gasteiger partial charge in [0.2, 0.25) is 10.0 Å². The molecule has 0 aliphatic carbocycles. The summed E-state index contributed by atoms with van der Waals surface area (Å²) in [5.41, 5.74) is 3.29. The van der Waals surface area contributed by atoms with Gasteiger partial charge in [0, 0.05) is 5.69 Å². The zero-order chi connectivity index (χ0) is 24.0. The summed E-state index contributed by atoms with van der Waals surface area (Å²) in [6.07, 6.45) is 1.17. The highest BCUT2D eigenvalue weighted by Crippen LogP contribution is 2.24. The second-order valence-corrected chi connectivity index (χ2v) is 9.31. The molecular formula is C21H18Cl2N4O5S. The van der Waals surface area contributed by atoms with Crippen molar-refractivity contribution in [2.24, 2.45) is 5.10 Å². The summed E-state index contributed by atoms with van der Waals surface area (Å²) in [5.74, 6) is -1.41. The van der Waals surface area contributed by atoms with Crippen LogP contribution < -0.4 is 15.5 Å². The van der Waals surface area contributed by atoms with E-state index >= 15 is 0 Å². The number of hydrogen-bond donors (Lipinski definition) is 3. The normalized spacial score (nSPS) is 11.5. The average Bonchev–Trinajstić information content (AvgIpc) is 3.23. The van der Waals surface area contributed by atoms with Crippen molar-refractivity contribution in [3.05, 3.63) is 81.7 Å². The number of hydrogen-bond acceptors (Lipinski definition) is 6. The largest absolute Gasteiger partial charge is 0.459 e. The van der Waals surface area contributed by atoms with Crippen LogP contribution in [-0.4, -0.2) is 26.4 Å². The first kappa shape index (κ1) is 24.5. The Morgan fingerprint density at radius 3 is 2.42 bits per heavy atom. The van der Waals surface area contributed by atoms with E-state index < -0.39 is 21.8 Å². The average molecular weight is 509 g/mol. The fourth-order valence-electron chi connectivity index (χ4n) is 2.49. The number of carbonyl (C=O) groups is 2. The van der Waals surface area contributed by atoms with E-state index in [0.717, 1.165) is 5.56 Å². The molecule has 0 aliphatic heterocycles. The third kappa shape index (κ3) is 6.90. The zero-order valence-electron chi connectivity index (χ0n) is 17.1. The maximum atomic E-state index is 12.3. The lowest BCUT2D eigenvalue weighted by Gasteiger charge is -2.05. The lowest BCUT2D eigenvalue weighted by atomic mass is 10.2. The summed E-state index contributed by atoms with van der Waals surface area (Å²) in [7, 11) is -3.70. The molecular weight excluding hydrogens is 491 g/mol.